The van der Waals surface area contributed by atoms with Gasteiger partial charge in [0.25, 0.3) is 0 Å². The number of aliphatic hydroxyl groups is 1. The number of rotatable bonds is 5. The van der Waals surface area contributed by atoms with E-state index in [1.54, 1.807) is 16.4 Å². The summed E-state index contributed by atoms with van der Waals surface area (Å²) in [4.78, 5) is 1.09. The summed E-state index contributed by atoms with van der Waals surface area (Å²) in [6.07, 6.45) is 3.44. The Hall–Kier alpha value is -0.520. The van der Waals surface area contributed by atoms with E-state index < -0.39 is 0 Å². The Balaban J connectivity index is 2.22. The Morgan fingerprint density at radius 3 is 2.75 bits per heavy atom. The van der Waals surface area contributed by atoms with Crippen LogP contribution < -0.4 is 5.32 Å². The number of aromatic nitrogens is 2. The second-order valence-corrected chi connectivity index (χ2v) is 6.04. The molecule has 0 amide bonds. The van der Waals surface area contributed by atoms with Gasteiger partial charge in [-0.25, -0.2) is 0 Å². The van der Waals surface area contributed by atoms with E-state index in [4.69, 9.17) is 0 Å². The summed E-state index contributed by atoms with van der Waals surface area (Å²) in [7, 11) is 1.89. The van der Waals surface area contributed by atoms with E-state index in [0.717, 1.165) is 4.90 Å². The molecule has 5 heteroatoms. The normalized spacial score (nSPS) is 14.1. The van der Waals surface area contributed by atoms with Crippen LogP contribution >= 0.6 is 11.8 Å². The fraction of sp³-hybridized carbons (Fsp3) is 0.727. The molecule has 0 aliphatic carbocycles. The minimum atomic E-state index is -0.329. The van der Waals surface area contributed by atoms with Crippen molar-refractivity contribution in [2.24, 2.45) is 7.05 Å². The van der Waals surface area contributed by atoms with Gasteiger partial charge in [-0.1, -0.05) is 0 Å². The average molecular weight is 243 g/mol. The lowest BCUT2D eigenvalue weighted by atomic mass is 10.1. The molecule has 0 aliphatic rings. The maximum absolute atomic E-state index is 9.77. The van der Waals surface area contributed by atoms with Crippen molar-refractivity contribution in [1.82, 2.24) is 15.1 Å². The summed E-state index contributed by atoms with van der Waals surface area (Å²) >= 11 is 1.63. The highest BCUT2D eigenvalue weighted by molar-refractivity contribution is 7.99. The van der Waals surface area contributed by atoms with E-state index >= 15 is 0 Å². The van der Waals surface area contributed by atoms with Crippen LogP contribution in [0.1, 0.15) is 20.8 Å². The van der Waals surface area contributed by atoms with E-state index in [0.29, 0.717) is 12.3 Å². The first-order valence-electron chi connectivity index (χ1n) is 5.41. The lowest BCUT2D eigenvalue weighted by Crippen LogP contribution is -2.41. The van der Waals surface area contributed by atoms with E-state index in [-0.39, 0.29) is 11.6 Å². The summed E-state index contributed by atoms with van der Waals surface area (Å²) in [6.45, 7) is 6.90. The molecule has 1 heterocycles. The van der Waals surface area contributed by atoms with Crippen molar-refractivity contribution in [2.45, 2.75) is 37.3 Å². The van der Waals surface area contributed by atoms with Gasteiger partial charge >= 0.3 is 0 Å². The largest absolute Gasteiger partial charge is 0.391 e. The number of hydrogen-bond donors (Lipinski definition) is 2. The number of thioether (sulfide) groups is 1. The van der Waals surface area contributed by atoms with Gasteiger partial charge in [-0.15, -0.1) is 11.8 Å². The minimum absolute atomic E-state index is 0.0555. The standard InChI is InChI=1S/C11H21N3OS/c1-11(2,3)12-5-9(15)8-16-10-6-13-14(4)7-10/h6-7,9,12,15H,5,8H2,1-4H3. The predicted octanol–water partition coefficient (Wildman–Crippen LogP) is 1.26. The van der Waals surface area contributed by atoms with Crippen LogP contribution in [-0.2, 0) is 7.05 Å². The number of aryl methyl sites for hydroxylation is 1. The van der Waals surface area contributed by atoms with Crippen LogP contribution in [0.5, 0.6) is 0 Å². The SMILES string of the molecule is Cn1cc(SCC(O)CNC(C)(C)C)cn1. The number of nitrogens with one attached hydrogen (secondary N) is 1. The second-order valence-electron chi connectivity index (χ2n) is 4.95. The summed E-state index contributed by atoms with van der Waals surface area (Å²) < 4.78 is 1.77. The molecule has 0 fully saturated rings. The Morgan fingerprint density at radius 1 is 1.56 bits per heavy atom. The molecular formula is C11H21N3OS. The van der Waals surface area contributed by atoms with Crippen molar-refractivity contribution in [3.63, 3.8) is 0 Å². The molecule has 92 valence electrons. The van der Waals surface area contributed by atoms with Gasteiger partial charge < -0.3 is 10.4 Å². The topological polar surface area (TPSA) is 50.1 Å². The monoisotopic (exact) mass is 243 g/mol. The first kappa shape index (κ1) is 13.5. The molecule has 2 N–H and O–H groups in total. The minimum Gasteiger partial charge on any atom is -0.391 e. The highest BCUT2D eigenvalue weighted by atomic mass is 32.2. The highest BCUT2D eigenvalue weighted by Crippen LogP contribution is 2.17. The molecule has 1 aromatic heterocycles. The van der Waals surface area contributed by atoms with Crippen molar-refractivity contribution in [2.75, 3.05) is 12.3 Å². The molecule has 0 aromatic carbocycles. The number of β-amino-alcohol motifs (C(OH)–C–C–N with tert-alkyl or cyclic N) is 1. The summed E-state index contributed by atoms with van der Waals surface area (Å²) in [5.74, 6) is 0.689. The quantitative estimate of drug-likeness (QED) is 0.765. The molecular weight excluding hydrogens is 222 g/mol. The zero-order valence-electron chi connectivity index (χ0n) is 10.4. The molecule has 0 saturated heterocycles. The number of nitrogens with zero attached hydrogens (tertiary/aromatic N) is 2. The lowest BCUT2D eigenvalue weighted by Gasteiger charge is -2.22. The maximum Gasteiger partial charge on any atom is 0.0758 e. The van der Waals surface area contributed by atoms with Crippen LogP contribution in [-0.4, -0.2) is 38.8 Å². The van der Waals surface area contributed by atoms with Gasteiger partial charge in [-0.2, -0.15) is 5.10 Å². The van der Waals surface area contributed by atoms with Gasteiger partial charge in [-0.05, 0) is 20.8 Å². The molecule has 1 aromatic rings. The highest BCUT2D eigenvalue weighted by Gasteiger charge is 2.12. The fourth-order valence-corrected chi connectivity index (χ4v) is 2.00. The van der Waals surface area contributed by atoms with Gasteiger partial charge in [0, 0.05) is 36.0 Å². The molecule has 4 nitrogen and oxygen atoms in total. The lowest BCUT2D eigenvalue weighted by molar-refractivity contribution is 0.183. The molecule has 16 heavy (non-hydrogen) atoms. The van der Waals surface area contributed by atoms with E-state index in [1.807, 2.05) is 19.4 Å². The van der Waals surface area contributed by atoms with Gasteiger partial charge in [0.05, 0.1) is 12.3 Å². The van der Waals surface area contributed by atoms with Crippen molar-refractivity contribution in [1.29, 1.82) is 0 Å². The van der Waals surface area contributed by atoms with Crippen LogP contribution in [0.15, 0.2) is 17.3 Å². The second kappa shape index (κ2) is 5.70. The molecule has 0 saturated carbocycles. The van der Waals surface area contributed by atoms with Crippen LogP contribution in [0.2, 0.25) is 0 Å². The van der Waals surface area contributed by atoms with E-state index in [9.17, 15) is 5.11 Å². The maximum atomic E-state index is 9.77. The Bertz CT molecular complexity index is 319. The zero-order valence-corrected chi connectivity index (χ0v) is 11.2. The predicted molar refractivity (Wildman–Crippen MR) is 67.7 cm³/mol. The van der Waals surface area contributed by atoms with Gasteiger partial charge in [0.2, 0.25) is 0 Å². The van der Waals surface area contributed by atoms with Crippen LogP contribution in [0, 0.1) is 0 Å². The van der Waals surface area contributed by atoms with Gasteiger partial charge in [0.1, 0.15) is 0 Å². The van der Waals surface area contributed by atoms with Crippen molar-refractivity contribution in [3.05, 3.63) is 12.4 Å². The van der Waals surface area contributed by atoms with Crippen LogP contribution in [0.3, 0.4) is 0 Å². The van der Waals surface area contributed by atoms with Crippen molar-refractivity contribution in [3.8, 4) is 0 Å². The molecule has 1 rings (SSSR count). The summed E-state index contributed by atoms with van der Waals surface area (Å²) in [5.41, 5.74) is 0.0555. The Labute approximate surface area is 101 Å². The third-order valence-corrected chi connectivity index (χ3v) is 3.09. The third kappa shape index (κ3) is 5.53. The number of aliphatic hydroxyl groups excluding tert-OH is 1. The molecule has 0 aliphatic heterocycles. The summed E-state index contributed by atoms with van der Waals surface area (Å²) in [5, 5.41) is 17.1. The van der Waals surface area contributed by atoms with E-state index in [2.05, 4.69) is 31.2 Å². The van der Waals surface area contributed by atoms with Crippen molar-refractivity contribution < 1.29 is 5.11 Å². The van der Waals surface area contributed by atoms with Gasteiger partial charge in [0.15, 0.2) is 0 Å². The van der Waals surface area contributed by atoms with Crippen LogP contribution in [0.4, 0.5) is 0 Å². The Morgan fingerprint density at radius 2 is 2.25 bits per heavy atom. The Kier molecular flexibility index (Phi) is 4.83. The van der Waals surface area contributed by atoms with Crippen LogP contribution in [0.25, 0.3) is 0 Å². The first-order chi connectivity index (χ1) is 7.37. The summed E-state index contributed by atoms with van der Waals surface area (Å²) in [6, 6.07) is 0. The first-order valence-corrected chi connectivity index (χ1v) is 6.40. The molecule has 1 unspecified atom stereocenters. The average Bonchev–Trinajstić information content (AvgIpc) is 2.57. The molecule has 0 bridgehead atoms. The van der Waals surface area contributed by atoms with E-state index in [1.165, 1.54) is 0 Å². The smallest absolute Gasteiger partial charge is 0.0758 e. The molecule has 0 spiro atoms. The molecule has 0 radical (unpaired) electrons. The van der Waals surface area contributed by atoms with Crippen molar-refractivity contribution >= 4 is 11.8 Å². The third-order valence-electron chi connectivity index (χ3n) is 1.99. The fourth-order valence-electron chi connectivity index (χ4n) is 1.15. The molecule has 1 atom stereocenters. The number of hydrogen-bond acceptors (Lipinski definition) is 4. The zero-order chi connectivity index (χ0) is 12.2. The van der Waals surface area contributed by atoms with Gasteiger partial charge in [-0.3, -0.25) is 4.68 Å².